The van der Waals surface area contributed by atoms with Gasteiger partial charge in [-0.1, -0.05) is 20.3 Å². The molecule has 1 aliphatic heterocycles. The second kappa shape index (κ2) is 10.2. The molecule has 0 amide bonds. The van der Waals surface area contributed by atoms with Crippen molar-refractivity contribution in [3.63, 3.8) is 0 Å². The molecule has 1 saturated carbocycles. The minimum Gasteiger partial charge on any atom is -0.372 e. The minimum absolute atomic E-state index is 0.0371. The number of pyridine rings is 1. The highest BCUT2D eigenvalue weighted by molar-refractivity contribution is 5.76. The second-order valence-corrected chi connectivity index (χ2v) is 10.2. The zero-order valence-corrected chi connectivity index (χ0v) is 20.5. The monoisotopic (exact) mass is 459 g/mol. The Kier molecular flexibility index (Phi) is 6.84. The van der Waals surface area contributed by atoms with Crippen molar-refractivity contribution in [1.82, 2.24) is 14.5 Å². The third kappa shape index (κ3) is 4.82. The van der Waals surface area contributed by atoms with Gasteiger partial charge in [0.05, 0.1) is 0 Å². The van der Waals surface area contributed by atoms with Gasteiger partial charge in [0.1, 0.15) is 5.65 Å². The number of hydrogen-bond donors (Lipinski definition) is 1. The minimum atomic E-state index is 0.0371. The SMILES string of the molecule is CCC(C)C1CCC(n2c(=O)ccc3cnc(Nc4ccc(N5CCCCC5)cc4)nc32)CC1. The Morgan fingerprint density at radius 1 is 1.00 bits per heavy atom. The summed E-state index contributed by atoms with van der Waals surface area (Å²) in [5, 5.41) is 4.26. The van der Waals surface area contributed by atoms with E-state index >= 15 is 0 Å². The number of hydrogen-bond acceptors (Lipinski definition) is 5. The molecule has 1 unspecified atom stereocenters. The van der Waals surface area contributed by atoms with Crippen LogP contribution in [0.1, 0.15) is 71.3 Å². The maximum Gasteiger partial charge on any atom is 0.252 e. The van der Waals surface area contributed by atoms with Gasteiger partial charge < -0.3 is 10.2 Å². The molecule has 2 aliphatic rings. The predicted molar refractivity (Wildman–Crippen MR) is 140 cm³/mol. The molecule has 0 spiro atoms. The fourth-order valence-corrected chi connectivity index (χ4v) is 5.75. The van der Waals surface area contributed by atoms with Crippen LogP contribution >= 0.6 is 0 Å². The van der Waals surface area contributed by atoms with E-state index in [2.05, 4.69) is 53.3 Å². The predicted octanol–water partition coefficient (Wildman–Crippen LogP) is 6.30. The van der Waals surface area contributed by atoms with E-state index in [-0.39, 0.29) is 11.6 Å². The van der Waals surface area contributed by atoms with Crippen molar-refractivity contribution >= 4 is 28.4 Å². The average molecular weight is 460 g/mol. The number of nitrogens with zero attached hydrogens (tertiary/aromatic N) is 4. The lowest BCUT2D eigenvalue weighted by Crippen LogP contribution is -2.29. The largest absolute Gasteiger partial charge is 0.372 e. The van der Waals surface area contributed by atoms with E-state index in [4.69, 9.17) is 4.98 Å². The number of nitrogens with one attached hydrogen (secondary N) is 1. The van der Waals surface area contributed by atoms with Crippen LogP contribution in [0, 0.1) is 11.8 Å². The summed E-state index contributed by atoms with van der Waals surface area (Å²) in [5.41, 5.74) is 3.00. The van der Waals surface area contributed by atoms with Gasteiger partial charge in [-0.05, 0) is 87.1 Å². The molecule has 3 heterocycles. The molecule has 0 bridgehead atoms. The van der Waals surface area contributed by atoms with Crippen LogP contribution in [-0.2, 0) is 0 Å². The van der Waals surface area contributed by atoms with Crippen LogP contribution < -0.4 is 15.8 Å². The summed E-state index contributed by atoms with van der Waals surface area (Å²) < 4.78 is 1.93. The third-order valence-corrected chi connectivity index (χ3v) is 8.07. The average Bonchev–Trinajstić information content (AvgIpc) is 2.89. The number of rotatable bonds is 6. The van der Waals surface area contributed by atoms with Crippen LogP contribution in [0.3, 0.4) is 0 Å². The maximum absolute atomic E-state index is 12.9. The standard InChI is InChI=1S/C28H37N5O/c1-3-20(2)21-7-12-25(13-8-21)33-26(34)16-9-22-19-29-28(31-27(22)33)30-23-10-14-24(15-11-23)32-17-5-4-6-18-32/h9-11,14-16,19-21,25H,3-8,12-13,17-18H2,1-2H3,(H,29,30,31). The van der Waals surface area contributed by atoms with E-state index in [1.54, 1.807) is 6.07 Å². The first-order valence-electron chi connectivity index (χ1n) is 13.1. The van der Waals surface area contributed by atoms with Crippen LogP contribution in [0.2, 0.25) is 0 Å². The Labute approximate surface area is 202 Å². The van der Waals surface area contributed by atoms with Gasteiger partial charge >= 0.3 is 0 Å². The lowest BCUT2D eigenvalue weighted by Gasteiger charge is -2.33. The van der Waals surface area contributed by atoms with Crippen LogP contribution in [0.4, 0.5) is 17.3 Å². The van der Waals surface area contributed by atoms with E-state index in [0.717, 1.165) is 54.5 Å². The number of benzene rings is 1. The number of fused-ring (bicyclic) bond motifs is 1. The quantitative estimate of drug-likeness (QED) is 0.468. The zero-order chi connectivity index (χ0) is 23.5. The van der Waals surface area contributed by atoms with Gasteiger partial charge in [-0.3, -0.25) is 9.36 Å². The van der Waals surface area contributed by atoms with Gasteiger partial charge in [0.15, 0.2) is 0 Å². The van der Waals surface area contributed by atoms with Crippen molar-refractivity contribution in [2.24, 2.45) is 11.8 Å². The summed E-state index contributed by atoms with van der Waals surface area (Å²) in [6, 6.07) is 12.2. The fourth-order valence-electron chi connectivity index (χ4n) is 5.75. The second-order valence-electron chi connectivity index (χ2n) is 10.2. The first-order valence-corrected chi connectivity index (χ1v) is 13.1. The molecule has 1 saturated heterocycles. The molecule has 1 N–H and O–H groups in total. The first-order chi connectivity index (χ1) is 16.6. The fraction of sp³-hybridized carbons (Fsp3) is 0.536. The van der Waals surface area contributed by atoms with Gasteiger partial charge in [0.2, 0.25) is 5.95 Å². The van der Waals surface area contributed by atoms with E-state index in [1.165, 1.54) is 44.2 Å². The smallest absolute Gasteiger partial charge is 0.252 e. The van der Waals surface area contributed by atoms with E-state index in [9.17, 15) is 4.79 Å². The molecule has 0 radical (unpaired) electrons. The van der Waals surface area contributed by atoms with Crippen molar-refractivity contribution in [3.05, 3.63) is 52.9 Å². The van der Waals surface area contributed by atoms with Crippen LogP contribution in [0.15, 0.2) is 47.4 Å². The van der Waals surface area contributed by atoms with Crippen molar-refractivity contribution in [2.75, 3.05) is 23.3 Å². The molecule has 5 rings (SSSR count). The molecule has 34 heavy (non-hydrogen) atoms. The number of anilines is 3. The van der Waals surface area contributed by atoms with Crippen molar-refractivity contribution < 1.29 is 0 Å². The van der Waals surface area contributed by atoms with Gasteiger partial charge in [-0.15, -0.1) is 0 Å². The molecule has 1 aliphatic carbocycles. The maximum atomic E-state index is 12.9. The highest BCUT2D eigenvalue weighted by atomic mass is 16.1. The van der Waals surface area contributed by atoms with Crippen molar-refractivity contribution in [3.8, 4) is 0 Å². The Balaban J connectivity index is 1.36. The van der Waals surface area contributed by atoms with Crippen LogP contribution in [-0.4, -0.2) is 27.6 Å². The van der Waals surface area contributed by atoms with Crippen molar-refractivity contribution in [2.45, 2.75) is 71.3 Å². The molecule has 3 aromatic rings. The number of aromatic nitrogens is 3. The molecule has 2 aromatic heterocycles. The highest BCUT2D eigenvalue weighted by Gasteiger charge is 2.27. The molecule has 6 heteroatoms. The number of piperidine rings is 1. The summed E-state index contributed by atoms with van der Waals surface area (Å²) in [7, 11) is 0. The molecular weight excluding hydrogens is 422 g/mol. The lowest BCUT2D eigenvalue weighted by molar-refractivity contribution is 0.212. The van der Waals surface area contributed by atoms with Gasteiger partial charge in [-0.2, -0.15) is 4.98 Å². The Morgan fingerprint density at radius 3 is 2.44 bits per heavy atom. The molecular formula is C28H37N5O. The summed E-state index contributed by atoms with van der Waals surface area (Å²) in [4.78, 5) is 24.7. The van der Waals surface area contributed by atoms with Gasteiger partial charge in [0, 0.05) is 48.2 Å². The lowest BCUT2D eigenvalue weighted by atomic mass is 9.78. The molecule has 1 atom stereocenters. The molecule has 2 fully saturated rings. The highest BCUT2D eigenvalue weighted by Crippen LogP contribution is 2.37. The normalized spacial score (nSPS) is 22.0. The van der Waals surface area contributed by atoms with Crippen molar-refractivity contribution in [1.29, 1.82) is 0 Å². The molecule has 180 valence electrons. The summed E-state index contributed by atoms with van der Waals surface area (Å²) in [6.07, 6.45) is 11.4. The molecule has 6 nitrogen and oxygen atoms in total. The van der Waals surface area contributed by atoms with Gasteiger partial charge in [-0.25, -0.2) is 4.98 Å². The van der Waals surface area contributed by atoms with Gasteiger partial charge in [0.25, 0.3) is 5.56 Å². The Morgan fingerprint density at radius 2 is 1.74 bits per heavy atom. The topological polar surface area (TPSA) is 63.1 Å². The van der Waals surface area contributed by atoms with Crippen LogP contribution in [0.25, 0.3) is 11.0 Å². The third-order valence-electron chi connectivity index (χ3n) is 8.07. The summed E-state index contributed by atoms with van der Waals surface area (Å²) in [6.45, 7) is 6.91. The summed E-state index contributed by atoms with van der Waals surface area (Å²) >= 11 is 0. The zero-order valence-electron chi connectivity index (χ0n) is 20.5. The Bertz CT molecular complexity index is 1160. The van der Waals surface area contributed by atoms with E-state index in [1.807, 2.05) is 16.8 Å². The Hall–Kier alpha value is -2.89. The molecule has 1 aromatic carbocycles. The summed E-state index contributed by atoms with van der Waals surface area (Å²) in [5.74, 6) is 2.06. The van der Waals surface area contributed by atoms with Crippen LogP contribution in [0.5, 0.6) is 0 Å². The first kappa shape index (κ1) is 22.9. The van der Waals surface area contributed by atoms with E-state index < -0.39 is 0 Å². The van der Waals surface area contributed by atoms with E-state index in [0.29, 0.717) is 5.95 Å².